The van der Waals surface area contributed by atoms with Crippen molar-refractivity contribution in [3.8, 4) is 0 Å². The summed E-state index contributed by atoms with van der Waals surface area (Å²) in [6.45, 7) is 2.09. The van der Waals surface area contributed by atoms with Crippen molar-refractivity contribution in [3.63, 3.8) is 0 Å². The standard InChI is InChI=1S/C16H19N3O2/c20-15(19-9-3-4-10-19)7-8-17-16(21)14-11-12-5-1-2-6-13(12)18-14/h1-2,5-6,11,18H,3-4,7-10H2,(H,17,21). The second-order valence-electron chi connectivity index (χ2n) is 5.36. The lowest BCUT2D eigenvalue weighted by molar-refractivity contribution is -0.129. The average Bonchev–Trinajstić information content (AvgIpc) is 3.16. The Kier molecular flexibility index (Phi) is 3.90. The summed E-state index contributed by atoms with van der Waals surface area (Å²) in [6.07, 6.45) is 2.55. The molecule has 1 fully saturated rings. The van der Waals surface area contributed by atoms with Crippen molar-refractivity contribution in [2.45, 2.75) is 19.3 Å². The third-order valence-corrected chi connectivity index (χ3v) is 3.86. The molecule has 2 amide bonds. The third kappa shape index (κ3) is 3.07. The highest BCUT2D eigenvalue weighted by molar-refractivity contribution is 5.98. The number of nitrogens with one attached hydrogen (secondary N) is 2. The zero-order valence-corrected chi connectivity index (χ0v) is 11.9. The van der Waals surface area contributed by atoms with Crippen molar-refractivity contribution >= 4 is 22.7 Å². The van der Waals surface area contributed by atoms with E-state index in [0.717, 1.165) is 36.8 Å². The molecule has 0 bridgehead atoms. The van der Waals surface area contributed by atoms with Crippen LogP contribution in [0.15, 0.2) is 30.3 Å². The highest BCUT2D eigenvalue weighted by Crippen LogP contribution is 2.14. The van der Waals surface area contributed by atoms with Crippen molar-refractivity contribution in [3.05, 3.63) is 36.0 Å². The van der Waals surface area contributed by atoms with E-state index in [1.54, 1.807) is 0 Å². The highest BCUT2D eigenvalue weighted by atomic mass is 16.2. The predicted octanol–water partition coefficient (Wildman–Crippen LogP) is 1.91. The number of carbonyl (C=O) groups is 2. The van der Waals surface area contributed by atoms with E-state index in [0.29, 0.717) is 18.7 Å². The molecule has 3 rings (SSSR count). The third-order valence-electron chi connectivity index (χ3n) is 3.86. The second-order valence-corrected chi connectivity index (χ2v) is 5.36. The lowest BCUT2D eigenvalue weighted by Crippen LogP contribution is -2.32. The molecule has 0 unspecified atom stereocenters. The number of rotatable bonds is 4. The summed E-state index contributed by atoms with van der Waals surface area (Å²) in [5.74, 6) is -0.0372. The van der Waals surface area contributed by atoms with Crippen LogP contribution in [0.25, 0.3) is 10.9 Å². The number of hydrogen-bond donors (Lipinski definition) is 2. The minimum atomic E-state index is -0.166. The molecule has 1 saturated heterocycles. The molecule has 2 aromatic rings. The van der Waals surface area contributed by atoms with Gasteiger partial charge in [0.15, 0.2) is 0 Å². The van der Waals surface area contributed by atoms with E-state index in [1.165, 1.54) is 0 Å². The Morgan fingerprint density at radius 3 is 2.71 bits per heavy atom. The van der Waals surface area contributed by atoms with E-state index >= 15 is 0 Å². The summed E-state index contributed by atoms with van der Waals surface area (Å²) < 4.78 is 0. The van der Waals surface area contributed by atoms with Gasteiger partial charge in [0, 0.05) is 37.0 Å². The number of H-pyrrole nitrogens is 1. The minimum Gasteiger partial charge on any atom is -0.351 e. The second kappa shape index (κ2) is 5.99. The van der Waals surface area contributed by atoms with Crippen LogP contribution in [0, 0.1) is 0 Å². The number of para-hydroxylation sites is 1. The number of fused-ring (bicyclic) bond motifs is 1. The topological polar surface area (TPSA) is 65.2 Å². The van der Waals surface area contributed by atoms with Gasteiger partial charge < -0.3 is 15.2 Å². The molecule has 0 saturated carbocycles. The summed E-state index contributed by atoms with van der Waals surface area (Å²) >= 11 is 0. The fourth-order valence-corrected chi connectivity index (χ4v) is 2.70. The van der Waals surface area contributed by atoms with Crippen molar-refractivity contribution in [1.29, 1.82) is 0 Å². The number of aromatic nitrogens is 1. The molecule has 1 aromatic heterocycles. The van der Waals surface area contributed by atoms with Crippen LogP contribution in [0.1, 0.15) is 29.8 Å². The number of aromatic amines is 1. The molecule has 0 spiro atoms. The van der Waals surface area contributed by atoms with Crippen molar-refractivity contribution < 1.29 is 9.59 Å². The Labute approximate surface area is 123 Å². The molecule has 5 nitrogen and oxygen atoms in total. The van der Waals surface area contributed by atoms with E-state index in [9.17, 15) is 9.59 Å². The maximum Gasteiger partial charge on any atom is 0.267 e. The van der Waals surface area contributed by atoms with Gasteiger partial charge in [-0.25, -0.2) is 0 Å². The molecule has 1 aliphatic heterocycles. The zero-order valence-electron chi connectivity index (χ0n) is 11.9. The van der Waals surface area contributed by atoms with Gasteiger partial charge in [-0.15, -0.1) is 0 Å². The maximum absolute atomic E-state index is 12.0. The van der Waals surface area contributed by atoms with Crippen LogP contribution in [0.4, 0.5) is 0 Å². The Morgan fingerprint density at radius 1 is 1.19 bits per heavy atom. The zero-order chi connectivity index (χ0) is 14.7. The number of carbonyl (C=O) groups excluding carboxylic acids is 2. The number of nitrogens with zero attached hydrogens (tertiary/aromatic N) is 1. The molecule has 110 valence electrons. The number of hydrogen-bond acceptors (Lipinski definition) is 2. The number of amides is 2. The molecule has 0 aliphatic carbocycles. The number of benzene rings is 1. The van der Waals surface area contributed by atoms with Crippen LogP contribution in [0.2, 0.25) is 0 Å². The first-order valence-corrected chi connectivity index (χ1v) is 7.38. The number of likely N-dealkylation sites (tertiary alicyclic amines) is 1. The van der Waals surface area contributed by atoms with Gasteiger partial charge in [0.2, 0.25) is 5.91 Å². The summed E-state index contributed by atoms with van der Waals surface area (Å²) in [6, 6.07) is 9.58. The molecule has 21 heavy (non-hydrogen) atoms. The molecule has 0 radical (unpaired) electrons. The minimum absolute atomic E-state index is 0.129. The van der Waals surface area contributed by atoms with Gasteiger partial charge in [0.1, 0.15) is 5.69 Å². The summed E-state index contributed by atoms with van der Waals surface area (Å²) in [5, 5.41) is 3.81. The SMILES string of the molecule is O=C(NCCC(=O)N1CCCC1)c1cc2ccccc2[nH]1. The Balaban J connectivity index is 1.53. The smallest absolute Gasteiger partial charge is 0.267 e. The van der Waals surface area contributed by atoms with Gasteiger partial charge in [-0.05, 0) is 25.0 Å². The summed E-state index contributed by atoms with van der Waals surface area (Å²) in [5.41, 5.74) is 1.47. The van der Waals surface area contributed by atoms with Crippen LogP contribution in [-0.4, -0.2) is 41.3 Å². The molecular weight excluding hydrogens is 266 g/mol. The van der Waals surface area contributed by atoms with Crippen LogP contribution in [0.5, 0.6) is 0 Å². The van der Waals surface area contributed by atoms with Crippen molar-refractivity contribution in [2.24, 2.45) is 0 Å². The van der Waals surface area contributed by atoms with Gasteiger partial charge >= 0.3 is 0 Å². The van der Waals surface area contributed by atoms with Crippen LogP contribution >= 0.6 is 0 Å². The molecule has 2 heterocycles. The Bertz CT molecular complexity index is 623. The lowest BCUT2D eigenvalue weighted by atomic mass is 10.2. The normalized spacial score (nSPS) is 14.6. The van der Waals surface area contributed by atoms with Gasteiger partial charge in [-0.1, -0.05) is 18.2 Å². The molecule has 1 aromatic carbocycles. The van der Waals surface area contributed by atoms with Crippen molar-refractivity contribution in [1.82, 2.24) is 15.2 Å². The lowest BCUT2D eigenvalue weighted by Gasteiger charge is -2.14. The molecule has 1 aliphatic rings. The molecule has 5 heteroatoms. The van der Waals surface area contributed by atoms with Gasteiger partial charge in [-0.2, -0.15) is 0 Å². The molecule has 0 atom stereocenters. The first kappa shape index (κ1) is 13.7. The van der Waals surface area contributed by atoms with Crippen molar-refractivity contribution in [2.75, 3.05) is 19.6 Å². The van der Waals surface area contributed by atoms with Crippen LogP contribution < -0.4 is 5.32 Å². The largest absolute Gasteiger partial charge is 0.351 e. The quantitative estimate of drug-likeness (QED) is 0.901. The fraction of sp³-hybridized carbons (Fsp3) is 0.375. The summed E-state index contributed by atoms with van der Waals surface area (Å²) in [4.78, 5) is 28.9. The first-order valence-electron chi connectivity index (χ1n) is 7.38. The predicted molar refractivity (Wildman–Crippen MR) is 81.1 cm³/mol. The van der Waals surface area contributed by atoms with Crippen LogP contribution in [0.3, 0.4) is 0 Å². The van der Waals surface area contributed by atoms with E-state index in [-0.39, 0.29) is 11.8 Å². The Morgan fingerprint density at radius 2 is 1.95 bits per heavy atom. The average molecular weight is 285 g/mol. The van der Waals surface area contributed by atoms with E-state index in [1.807, 2.05) is 35.2 Å². The van der Waals surface area contributed by atoms with Gasteiger partial charge in [-0.3, -0.25) is 9.59 Å². The first-order chi connectivity index (χ1) is 10.2. The maximum atomic E-state index is 12.0. The molecular formula is C16H19N3O2. The van der Waals surface area contributed by atoms with Crippen LogP contribution in [-0.2, 0) is 4.79 Å². The summed E-state index contributed by atoms with van der Waals surface area (Å²) in [7, 11) is 0. The van der Waals surface area contributed by atoms with E-state index < -0.39 is 0 Å². The fourth-order valence-electron chi connectivity index (χ4n) is 2.70. The van der Waals surface area contributed by atoms with E-state index in [4.69, 9.17) is 0 Å². The van der Waals surface area contributed by atoms with Gasteiger partial charge in [0.05, 0.1) is 0 Å². The monoisotopic (exact) mass is 285 g/mol. The highest BCUT2D eigenvalue weighted by Gasteiger charge is 2.17. The molecule has 2 N–H and O–H groups in total. The Hall–Kier alpha value is -2.30. The van der Waals surface area contributed by atoms with E-state index in [2.05, 4.69) is 10.3 Å². The van der Waals surface area contributed by atoms with Gasteiger partial charge in [0.25, 0.3) is 5.91 Å².